The minimum Gasteiger partial charge on any atom is -0.508 e. The van der Waals surface area contributed by atoms with Crippen molar-refractivity contribution in [3.05, 3.63) is 155 Å². The van der Waals surface area contributed by atoms with E-state index in [1.165, 1.54) is 36.4 Å². The second-order valence-corrected chi connectivity index (χ2v) is 15.0. The number of carbonyl (C=O) groups excluding carboxylic acids is 3. The molecule has 5 aliphatic rings. The van der Waals surface area contributed by atoms with E-state index in [9.17, 15) is 42.6 Å². The lowest BCUT2D eigenvalue weighted by Gasteiger charge is -2.36. The molecule has 3 atom stereocenters. The predicted molar refractivity (Wildman–Crippen MR) is 220 cm³/mol. The summed E-state index contributed by atoms with van der Waals surface area (Å²) in [5.41, 5.74) is 3.28. The second-order valence-electron chi connectivity index (χ2n) is 15.0. The fourth-order valence-corrected chi connectivity index (χ4v) is 8.25. The van der Waals surface area contributed by atoms with Crippen LogP contribution in [0.2, 0.25) is 0 Å². The molecule has 0 spiro atoms. The van der Waals surface area contributed by atoms with Gasteiger partial charge in [-0.25, -0.2) is 19.4 Å². The van der Waals surface area contributed by atoms with Crippen LogP contribution in [0.3, 0.4) is 0 Å². The molecule has 308 valence electrons. The number of carboxylic acids is 1. The van der Waals surface area contributed by atoms with E-state index in [-0.39, 0.29) is 46.7 Å². The largest absolute Gasteiger partial charge is 0.508 e. The molecule has 2 aliphatic carbocycles. The maximum atomic E-state index is 13.8. The molecular weight excluding hydrogens is 794 g/mol. The van der Waals surface area contributed by atoms with Gasteiger partial charge in [-0.2, -0.15) is 13.2 Å². The number of carboxylic acid groups (broad SMARTS) is 1. The Morgan fingerprint density at radius 3 is 2.52 bits per heavy atom. The zero-order chi connectivity index (χ0) is 42.6. The van der Waals surface area contributed by atoms with Gasteiger partial charge in [0.15, 0.2) is 11.6 Å². The van der Waals surface area contributed by atoms with Crippen LogP contribution in [0.15, 0.2) is 132 Å². The van der Waals surface area contributed by atoms with E-state index in [2.05, 4.69) is 20.9 Å². The number of anilines is 4. The van der Waals surface area contributed by atoms with Gasteiger partial charge in [0, 0.05) is 54.1 Å². The van der Waals surface area contributed by atoms with E-state index in [0.29, 0.717) is 64.7 Å². The summed E-state index contributed by atoms with van der Waals surface area (Å²) in [6.07, 6.45) is 4.47. The molecular formula is C45H35F3N6O7. The standard InChI is InChI=1S/C45H35F3N6O7/c46-45(47,48)26-3-1-2-25(18-26)36-14-15-37-41(52-36)54(29-16-17-53(37)23-29)44(60)51-27-6-4-24(5-7-27)22-49-43(59)50-28-8-11-32(35(19-28)42(57)58)40-33-12-9-30(55)20-38(33)61-39-21-31(56)10-13-34(39)40/h1-15,18-21,29,33,38,55H,16-17,22-23H2,(H,51,60)(H,57,58)(H2,49,50,59)/t29-,33?,38?/m0/s1. The highest BCUT2D eigenvalue weighted by Gasteiger charge is 2.41. The number of aliphatic hydroxyl groups excluding tert-OH is 1. The van der Waals surface area contributed by atoms with Gasteiger partial charge in [-0.15, -0.1) is 0 Å². The Hall–Kier alpha value is -7.62. The lowest BCUT2D eigenvalue weighted by Crippen LogP contribution is -2.48. The average molecular weight is 829 g/mol. The number of aliphatic hydroxyl groups is 1. The number of hydrogen-bond donors (Lipinski definition) is 5. The summed E-state index contributed by atoms with van der Waals surface area (Å²) < 4.78 is 46.4. The summed E-state index contributed by atoms with van der Waals surface area (Å²) in [7, 11) is 0. The van der Waals surface area contributed by atoms with Crippen molar-refractivity contribution in [3.8, 4) is 11.3 Å². The molecule has 0 radical (unpaired) electrons. The van der Waals surface area contributed by atoms with Crippen molar-refractivity contribution < 1.29 is 47.3 Å². The first-order valence-electron chi connectivity index (χ1n) is 19.3. The number of benzene rings is 3. The van der Waals surface area contributed by atoms with Crippen LogP contribution in [0.4, 0.5) is 45.6 Å². The van der Waals surface area contributed by atoms with Crippen molar-refractivity contribution in [2.24, 2.45) is 5.92 Å². The number of hydrogen-bond acceptors (Lipinski definition) is 8. The van der Waals surface area contributed by atoms with Gasteiger partial charge in [0.05, 0.1) is 28.6 Å². The van der Waals surface area contributed by atoms with Crippen molar-refractivity contribution in [1.29, 1.82) is 0 Å². The van der Waals surface area contributed by atoms with E-state index in [4.69, 9.17) is 9.72 Å². The van der Waals surface area contributed by atoms with Gasteiger partial charge in [-0.05, 0) is 96.0 Å². The summed E-state index contributed by atoms with van der Waals surface area (Å²) in [5.74, 6) is -1.40. The van der Waals surface area contributed by atoms with E-state index < -0.39 is 41.8 Å². The van der Waals surface area contributed by atoms with Crippen LogP contribution in [0.25, 0.3) is 16.8 Å². The molecule has 1 saturated heterocycles. The highest BCUT2D eigenvalue weighted by molar-refractivity contribution is 6.06. The molecule has 61 heavy (non-hydrogen) atoms. The SMILES string of the molecule is O=C1C=CC2=C(c3ccc(NC(=O)NCc4ccc(NC(=O)N5c6nc(-c7cccc(C(F)(F)F)c7)ccc6N6CC[C@H]5C6)cc4)cc3C(=O)O)C3C=CC(O)=CC3OC2=C1. The molecule has 3 aliphatic heterocycles. The van der Waals surface area contributed by atoms with E-state index in [1.54, 1.807) is 71.6 Å². The Balaban J connectivity index is 0.865. The number of ketones is 1. The zero-order valence-corrected chi connectivity index (χ0v) is 31.9. The summed E-state index contributed by atoms with van der Waals surface area (Å²) in [6, 6.07) is 18.4. The quantitative estimate of drug-likeness (QED) is 0.123. The summed E-state index contributed by atoms with van der Waals surface area (Å²) in [4.78, 5) is 60.0. The maximum Gasteiger partial charge on any atom is 0.416 e. The number of alkyl halides is 3. The summed E-state index contributed by atoms with van der Waals surface area (Å²) in [6.45, 7) is 1.39. The number of pyridine rings is 1. The van der Waals surface area contributed by atoms with Crippen LogP contribution in [-0.4, -0.2) is 64.2 Å². The fraction of sp³-hybridized carbons (Fsp3) is 0.178. The van der Waals surface area contributed by atoms with Crippen LogP contribution >= 0.6 is 0 Å². The minimum atomic E-state index is -4.52. The van der Waals surface area contributed by atoms with Gasteiger partial charge in [0.2, 0.25) is 0 Å². The third kappa shape index (κ3) is 7.59. The number of urea groups is 2. The smallest absolute Gasteiger partial charge is 0.416 e. The number of aromatic carboxylic acids is 1. The van der Waals surface area contributed by atoms with Crippen molar-refractivity contribution in [2.45, 2.75) is 31.3 Å². The molecule has 2 unspecified atom stereocenters. The second kappa shape index (κ2) is 15.2. The molecule has 1 fully saturated rings. The van der Waals surface area contributed by atoms with Crippen LogP contribution in [0, 0.1) is 5.92 Å². The van der Waals surface area contributed by atoms with E-state index in [0.717, 1.165) is 12.1 Å². The number of amides is 4. The number of nitrogens with zero attached hydrogens (tertiary/aromatic N) is 3. The molecule has 0 saturated carbocycles. The third-order valence-electron chi connectivity index (χ3n) is 11.1. The Bertz CT molecular complexity index is 2690. The summed E-state index contributed by atoms with van der Waals surface area (Å²) in [5, 5.41) is 28.7. The molecule has 16 heteroatoms. The van der Waals surface area contributed by atoms with Crippen LogP contribution < -0.4 is 25.8 Å². The van der Waals surface area contributed by atoms with Gasteiger partial charge in [-0.3, -0.25) is 9.69 Å². The number of halogens is 3. The van der Waals surface area contributed by atoms with Gasteiger partial charge in [-0.1, -0.05) is 36.4 Å². The molecule has 5 N–H and O–H groups in total. The van der Waals surface area contributed by atoms with Gasteiger partial charge < -0.3 is 35.8 Å². The fourth-order valence-electron chi connectivity index (χ4n) is 8.25. The number of nitrogens with one attached hydrogen (secondary N) is 3. The van der Waals surface area contributed by atoms with Crippen LogP contribution in [0.5, 0.6) is 0 Å². The molecule has 4 heterocycles. The van der Waals surface area contributed by atoms with Crippen molar-refractivity contribution in [3.63, 3.8) is 0 Å². The Kier molecular flexibility index (Phi) is 9.69. The molecule has 4 aromatic rings. The van der Waals surface area contributed by atoms with Crippen LogP contribution in [0.1, 0.15) is 33.5 Å². The lowest BCUT2D eigenvalue weighted by atomic mass is 9.77. The lowest BCUT2D eigenvalue weighted by molar-refractivity contribution is -0.137. The normalized spacial score (nSPS) is 19.9. The number of allylic oxidation sites excluding steroid dienone is 4. The summed E-state index contributed by atoms with van der Waals surface area (Å²) >= 11 is 0. The first-order valence-corrected chi connectivity index (χ1v) is 19.3. The highest BCUT2D eigenvalue weighted by Crippen LogP contribution is 2.45. The number of ether oxygens (including phenoxy) is 1. The highest BCUT2D eigenvalue weighted by atomic mass is 19.4. The molecule has 4 amide bonds. The molecule has 13 nitrogen and oxygen atoms in total. The molecule has 1 aromatic heterocycles. The topological polar surface area (TPSA) is 173 Å². The maximum absolute atomic E-state index is 13.8. The Morgan fingerprint density at radius 2 is 1.74 bits per heavy atom. The first kappa shape index (κ1) is 38.9. The monoisotopic (exact) mass is 828 g/mol. The zero-order valence-electron chi connectivity index (χ0n) is 31.9. The van der Waals surface area contributed by atoms with Crippen LogP contribution in [-0.2, 0) is 22.3 Å². The van der Waals surface area contributed by atoms with Gasteiger partial charge in [0.25, 0.3) is 0 Å². The van der Waals surface area contributed by atoms with Gasteiger partial charge >= 0.3 is 24.2 Å². The predicted octanol–water partition coefficient (Wildman–Crippen LogP) is 8.22. The van der Waals surface area contributed by atoms with E-state index in [1.807, 2.05) is 0 Å². The molecule has 3 aromatic carbocycles. The Labute approximate surface area is 345 Å². The van der Waals surface area contributed by atoms with Crippen molar-refractivity contribution >= 4 is 52.3 Å². The minimum absolute atomic E-state index is 0.0192. The Morgan fingerprint density at radius 1 is 0.934 bits per heavy atom. The number of rotatable bonds is 7. The third-order valence-corrected chi connectivity index (χ3v) is 11.1. The average Bonchev–Trinajstić information content (AvgIpc) is 3.65. The molecule has 9 rings (SSSR count). The van der Waals surface area contributed by atoms with Crippen molar-refractivity contribution in [2.75, 3.05) is 33.5 Å². The number of carbonyl (C=O) groups is 4. The number of aromatic nitrogens is 1. The number of fused-ring (bicyclic) bond motifs is 6. The van der Waals surface area contributed by atoms with E-state index >= 15 is 0 Å². The van der Waals surface area contributed by atoms with Gasteiger partial charge in [0.1, 0.15) is 17.6 Å². The molecule has 2 bridgehead atoms. The van der Waals surface area contributed by atoms with Crippen molar-refractivity contribution in [1.82, 2.24) is 10.3 Å². The first-order chi connectivity index (χ1) is 29.3.